The van der Waals surface area contributed by atoms with Crippen molar-refractivity contribution in [3.63, 3.8) is 0 Å². The maximum Gasteiger partial charge on any atom is 0.141 e. The number of thiophene rings is 1. The van der Waals surface area contributed by atoms with Crippen molar-refractivity contribution in [1.82, 2.24) is 29.9 Å². The molecule has 5 aromatic rings. The van der Waals surface area contributed by atoms with Gasteiger partial charge in [-0.1, -0.05) is 0 Å². The van der Waals surface area contributed by atoms with Gasteiger partial charge in [0.1, 0.15) is 4.83 Å². The summed E-state index contributed by atoms with van der Waals surface area (Å²) in [6, 6.07) is 18.4. The fourth-order valence-corrected chi connectivity index (χ4v) is 4.34. The molecule has 2 N–H and O–H groups in total. The topological polar surface area (TPSA) is 83.1 Å². The van der Waals surface area contributed by atoms with E-state index in [9.17, 15) is 0 Å². The van der Waals surface area contributed by atoms with E-state index in [1.54, 1.807) is 23.7 Å². The molecular formula is C26H18CuN6S. The van der Waals surface area contributed by atoms with Crippen molar-refractivity contribution < 1.29 is 17.1 Å². The predicted octanol–water partition coefficient (Wildman–Crippen LogP) is 6.34. The summed E-state index contributed by atoms with van der Waals surface area (Å²) < 4.78 is 0. The van der Waals surface area contributed by atoms with Gasteiger partial charge in [-0.25, -0.2) is 15.0 Å². The van der Waals surface area contributed by atoms with E-state index < -0.39 is 0 Å². The third-order valence-corrected chi connectivity index (χ3v) is 5.95. The van der Waals surface area contributed by atoms with Gasteiger partial charge in [0, 0.05) is 51.5 Å². The Morgan fingerprint density at radius 2 is 1.06 bits per heavy atom. The summed E-state index contributed by atoms with van der Waals surface area (Å²) in [5.74, 6) is 0. The third kappa shape index (κ3) is 4.89. The van der Waals surface area contributed by atoms with Crippen LogP contribution < -0.4 is 0 Å². The van der Waals surface area contributed by atoms with Gasteiger partial charge in [-0.3, -0.25) is 4.98 Å². The maximum atomic E-state index is 4.62. The average Bonchev–Trinajstić information content (AvgIpc) is 3.63. The summed E-state index contributed by atoms with van der Waals surface area (Å²) in [6.07, 6.45) is 11.5. The second-order valence-corrected chi connectivity index (χ2v) is 8.47. The fourth-order valence-electron chi connectivity index (χ4n) is 3.65. The Kier molecular flexibility index (Phi) is 6.18. The SMILES string of the molecule is C1=Cc2cc3ccc(cc4ccc(cc5nc(cc1n2)C=C5)[nH]4)[nH]3.[Cu].c1cnc2sccc2n1. The van der Waals surface area contributed by atoms with E-state index in [1.807, 2.05) is 53.9 Å². The Balaban J connectivity index is 0.000000203. The molecule has 0 aliphatic carbocycles. The summed E-state index contributed by atoms with van der Waals surface area (Å²) in [5.41, 5.74) is 8.85. The first-order valence-corrected chi connectivity index (χ1v) is 11.3. The smallest absolute Gasteiger partial charge is 0.141 e. The second-order valence-electron chi connectivity index (χ2n) is 7.57. The first-order chi connectivity index (χ1) is 16.3. The summed E-state index contributed by atoms with van der Waals surface area (Å²) >= 11 is 1.61. The Morgan fingerprint density at radius 3 is 1.62 bits per heavy atom. The monoisotopic (exact) mass is 509 g/mol. The zero-order chi connectivity index (χ0) is 22.0. The number of rotatable bonds is 0. The van der Waals surface area contributed by atoms with E-state index >= 15 is 0 Å². The van der Waals surface area contributed by atoms with Crippen LogP contribution in [-0.4, -0.2) is 29.9 Å². The van der Waals surface area contributed by atoms with Crippen LogP contribution in [0.4, 0.5) is 0 Å². The molecule has 5 aromatic heterocycles. The van der Waals surface area contributed by atoms with Crippen LogP contribution in [-0.2, 0) is 17.1 Å². The molecule has 0 atom stereocenters. The molecule has 1 radical (unpaired) electrons. The van der Waals surface area contributed by atoms with Crippen molar-refractivity contribution in [2.75, 3.05) is 0 Å². The molecule has 0 spiro atoms. The minimum Gasteiger partial charge on any atom is -0.355 e. The standard InChI is InChI=1S/C20H14N4.C6H4N2S.Cu/c1-2-14-10-16-5-6-18(23-16)12-20-8-7-19(24-20)11-17-4-3-15(22-17)9-13(1)21-14;1-4-9-6-5(1)7-2-3-8-6;/h1-12,21-22H;1-4H;. The van der Waals surface area contributed by atoms with Gasteiger partial charge < -0.3 is 9.97 Å². The molecule has 6 nitrogen and oxygen atoms in total. The van der Waals surface area contributed by atoms with E-state index in [-0.39, 0.29) is 17.1 Å². The number of H-pyrrole nitrogens is 2. The van der Waals surface area contributed by atoms with Gasteiger partial charge in [0.15, 0.2) is 0 Å². The zero-order valence-corrected chi connectivity index (χ0v) is 19.5. The fraction of sp³-hybridized carbons (Fsp3) is 0. The summed E-state index contributed by atoms with van der Waals surface area (Å²) in [6.45, 7) is 0. The molecule has 7 rings (SSSR count). The van der Waals surface area contributed by atoms with Crippen LogP contribution in [0.5, 0.6) is 0 Å². The van der Waals surface area contributed by atoms with E-state index in [4.69, 9.17) is 0 Å². The van der Waals surface area contributed by atoms with E-state index in [0.29, 0.717) is 0 Å². The van der Waals surface area contributed by atoms with Crippen LogP contribution in [0.15, 0.2) is 72.4 Å². The number of hydrogen-bond donors (Lipinski definition) is 2. The van der Waals surface area contributed by atoms with Crippen LogP contribution in [0, 0.1) is 0 Å². The summed E-state index contributed by atoms with van der Waals surface area (Å²) in [5, 5.41) is 1.99. The van der Waals surface area contributed by atoms with Crippen LogP contribution >= 0.6 is 11.3 Å². The van der Waals surface area contributed by atoms with Crippen molar-refractivity contribution in [1.29, 1.82) is 0 Å². The van der Waals surface area contributed by atoms with Crippen molar-refractivity contribution in [2.24, 2.45) is 0 Å². The minimum absolute atomic E-state index is 0. The zero-order valence-electron chi connectivity index (χ0n) is 17.7. The summed E-state index contributed by atoms with van der Waals surface area (Å²) in [7, 11) is 0. The average molecular weight is 510 g/mol. The largest absolute Gasteiger partial charge is 0.355 e. The quantitative estimate of drug-likeness (QED) is 0.233. The number of nitrogens with zero attached hydrogens (tertiary/aromatic N) is 4. The molecule has 0 saturated heterocycles. The number of aromatic nitrogens is 6. The Hall–Kier alpha value is -3.84. The third-order valence-electron chi connectivity index (χ3n) is 5.14. The number of nitrogens with one attached hydrogen (secondary N) is 2. The predicted molar refractivity (Wildman–Crippen MR) is 136 cm³/mol. The molecule has 8 heteroatoms. The molecule has 0 saturated carbocycles. The first kappa shape index (κ1) is 22.0. The Morgan fingerprint density at radius 1 is 0.559 bits per heavy atom. The van der Waals surface area contributed by atoms with Gasteiger partial charge in [0.05, 0.1) is 28.3 Å². The van der Waals surface area contributed by atoms with Gasteiger partial charge in [-0.2, -0.15) is 0 Å². The van der Waals surface area contributed by atoms with Crippen LogP contribution in [0.1, 0.15) is 22.8 Å². The molecule has 0 fully saturated rings. The van der Waals surface area contributed by atoms with Gasteiger partial charge in [-0.05, 0) is 84.3 Å². The van der Waals surface area contributed by atoms with Crippen LogP contribution in [0.3, 0.4) is 0 Å². The van der Waals surface area contributed by atoms with Crippen molar-refractivity contribution in [3.05, 3.63) is 95.1 Å². The Bertz CT molecular complexity index is 1570. The van der Waals surface area contributed by atoms with Crippen LogP contribution in [0.25, 0.3) is 56.7 Å². The molecule has 2 aliphatic heterocycles. The van der Waals surface area contributed by atoms with E-state index in [0.717, 1.165) is 55.2 Å². The molecule has 8 bridgehead atoms. The van der Waals surface area contributed by atoms with Gasteiger partial charge >= 0.3 is 0 Å². The van der Waals surface area contributed by atoms with Gasteiger partial charge in [0.25, 0.3) is 0 Å². The molecule has 2 aliphatic rings. The number of hydrogen-bond acceptors (Lipinski definition) is 5. The Labute approximate surface area is 209 Å². The number of aromatic amines is 2. The van der Waals surface area contributed by atoms with Crippen molar-refractivity contribution in [3.8, 4) is 0 Å². The molecule has 0 amide bonds. The summed E-state index contributed by atoms with van der Waals surface area (Å²) in [4.78, 5) is 25.2. The van der Waals surface area contributed by atoms with E-state index in [2.05, 4.69) is 60.2 Å². The molecule has 0 unspecified atom stereocenters. The van der Waals surface area contributed by atoms with Crippen molar-refractivity contribution >= 4 is 68.1 Å². The molecule has 7 heterocycles. The first-order valence-electron chi connectivity index (χ1n) is 10.5. The molecular weight excluding hydrogens is 492 g/mol. The van der Waals surface area contributed by atoms with Crippen LogP contribution in [0.2, 0.25) is 0 Å². The molecule has 169 valence electrons. The van der Waals surface area contributed by atoms with Crippen molar-refractivity contribution in [2.45, 2.75) is 0 Å². The normalized spacial score (nSPS) is 11.6. The second kappa shape index (κ2) is 9.57. The van der Waals surface area contributed by atoms with E-state index in [1.165, 1.54) is 0 Å². The van der Waals surface area contributed by atoms with Gasteiger partial charge in [-0.15, -0.1) is 11.3 Å². The molecule has 34 heavy (non-hydrogen) atoms. The minimum atomic E-state index is 0. The molecule has 0 aromatic carbocycles. The maximum absolute atomic E-state index is 4.62. The number of fused-ring (bicyclic) bond motifs is 9. The van der Waals surface area contributed by atoms with Gasteiger partial charge in [0.2, 0.25) is 0 Å².